The predicted molar refractivity (Wildman–Crippen MR) is 57.9 cm³/mol. The normalized spacial score (nSPS) is 10.1. The van der Waals surface area contributed by atoms with Crippen molar-refractivity contribution in [3.05, 3.63) is 42.0 Å². The Bertz CT molecular complexity index is 552. The molecule has 1 aromatic heterocycles. The van der Waals surface area contributed by atoms with Gasteiger partial charge in [-0.25, -0.2) is 9.37 Å². The smallest absolute Gasteiger partial charge is 0.142 e. The topological polar surface area (TPSA) is 41.6 Å². The van der Waals surface area contributed by atoms with Crippen LogP contribution in [0.1, 0.15) is 5.69 Å². The molecule has 4 heteroatoms. The maximum absolute atomic E-state index is 13.5. The summed E-state index contributed by atoms with van der Waals surface area (Å²) in [6, 6.07) is 8.52. The monoisotopic (exact) mass is 215 g/mol. The quantitative estimate of drug-likeness (QED) is 0.771. The highest BCUT2D eigenvalue weighted by atomic mass is 19.1. The van der Waals surface area contributed by atoms with Crippen LogP contribution in [-0.2, 0) is 13.5 Å². The molecular weight excluding hydrogens is 205 g/mol. The van der Waals surface area contributed by atoms with Gasteiger partial charge in [-0.1, -0.05) is 12.1 Å². The second-order valence-electron chi connectivity index (χ2n) is 3.45. The molecule has 1 heterocycles. The molecule has 0 aliphatic carbocycles. The average Bonchev–Trinajstić information content (AvgIpc) is 2.62. The Balaban J connectivity index is 2.50. The van der Waals surface area contributed by atoms with Crippen molar-refractivity contribution in [1.29, 1.82) is 5.26 Å². The van der Waals surface area contributed by atoms with Gasteiger partial charge >= 0.3 is 0 Å². The maximum atomic E-state index is 13.5. The Morgan fingerprint density at radius 1 is 1.44 bits per heavy atom. The Labute approximate surface area is 92.8 Å². The van der Waals surface area contributed by atoms with Crippen LogP contribution in [0.15, 0.2) is 30.5 Å². The number of imidazole rings is 1. The van der Waals surface area contributed by atoms with E-state index >= 15 is 0 Å². The number of hydrogen-bond donors (Lipinski definition) is 0. The molecular formula is C12H10FN3. The van der Waals surface area contributed by atoms with Gasteiger partial charge in [-0.15, -0.1) is 0 Å². The van der Waals surface area contributed by atoms with Crippen LogP contribution in [-0.4, -0.2) is 9.55 Å². The molecule has 0 aliphatic heterocycles. The number of nitrogens with zero attached hydrogens (tertiary/aromatic N) is 3. The van der Waals surface area contributed by atoms with Gasteiger partial charge in [0.2, 0.25) is 0 Å². The molecule has 0 saturated heterocycles. The fourth-order valence-electron chi connectivity index (χ4n) is 1.58. The van der Waals surface area contributed by atoms with Crippen molar-refractivity contribution in [3.63, 3.8) is 0 Å². The molecule has 0 atom stereocenters. The second kappa shape index (κ2) is 4.15. The maximum Gasteiger partial charge on any atom is 0.142 e. The van der Waals surface area contributed by atoms with E-state index in [9.17, 15) is 4.39 Å². The lowest BCUT2D eigenvalue weighted by Gasteiger charge is -2.04. The van der Waals surface area contributed by atoms with Crippen molar-refractivity contribution in [3.8, 4) is 17.5 Å². The van der Waals surface area contributed by atoms with Gasteiger partial charge in [-0.2, -0.15) is 5.26 Å². The van der Waals surface area contributed by atoms with E-state index in [4.69, 9.17) is 5.26 Å². The second-order valence-corrected chi connectivity index (χ2v) is 3.45. The van der Waals surface area contributed by atoms with Crippen LogP contribution in [0, 0.1) is 17.1 Å². The van der Waals surface area contributed by atoms with Crippen molar-refractivity contribution in [2.45, 2.75) is 6.42 Å². The zero-order valence-corrected chi connectivity index (χ0v) is 8.81. The number of nitriles is 1. The molecule has 0 radical (unpaired) electrons. The standard InChI is InChI=1S/C12H10FN3/c1-16-9(6-7-14)8-15-12(16)10-4-2-3-5-11(10)13/h2-5,8H,6H2,1H3. The van der Waals surface area contributed by atoms with E-state index in [1.165, 1.54) is 6.07 Å². The van der Waals surface area contributed by atoms with Crippen molar-refractivity contribution < 1.29 is 4.39 Å². The molecule has 0 fully saturated rings. The molecule has 0 unspecified atom stereocenters. The highest BCUT2D eigenvalue weighted by molar-refractivity contribution is 5.56. The lowest BCUT2D eigenvalue weighted by atomic mass is 10.2. The highest BCUT2D eigenvalue weighted by Gasteiger charge is 2.11. The third kappa shape index (κ3) is 1.68. The zero-order chi connectivity index (χ0) is 11.5. The summed E-state index contributed by atoms with van der Waals surface area (Å²) in [6.07, 6.45) is 1.88. The van der Waals surface area contributed by atoms with E-state index < -0.39 is 0 Å². The molecule has 16 heavy (non-hydrogen) atoms. The Morgan fingerprint density at radius 3 is 2.88 bits per heavy atom. The molecule has 80 valence electrons. The van der Waals surface area contributed by atoms with E-state index in [0.717, 1.165) is 5.69 Å². The van der Waals surface area contributed by atoms with Gasteiger partial charge in [0.1, 0.15) is 11.6 Å². The van der Waals surface area contributed by atoms with Gasteiger partial charge in [-0.3, -0.25) is 0 Å². The first-order valence-electron chi connectivity index (χ1n) is 4.86. The number of rotatable bonds is 2. The first-order chi connectivity index (χ1) is 7.74. The molecule has 3 nitrogen and oxygen atoms in total. The Morgan fingerprint density at radius 2 is 2.19 bits per heavy atom. The summed E-state index contributed by atoms with van der Waals surface area (Å²) in [5.41, 5.74) is 1.23. The first-order valence-corrected chi connectivity index (χ1v) is 4.86. The van der Waals surface area contributed by atoms with Crippen LogP contribution in [0.25, 0.3) is 11.4 Å². The van der Waals surface area contributed by atoms with Gasteiger partial charge in [0.15, 0.2) is 0 Å². The summed E-state index contributed by atoms with van der Waals surface area (Å²) in [6.45, 7) is 0. The lowest BCUT2D eigenvalue weighted by Crippen LogP contribution is -1.99. The van der Waals surface area contributed by atoms with E-state index in [2.05, 4.69) is 4.98 Å². The van der Waals surface area contributed by atoms with Crippen molar-refractivity contribution in [2.75, 3.05) is 0 Å². The van der Waals surface area contributed by atoms with Gasteiger partial charge in [-0.05, 0) is 12.1 Å². The minimum atomic E-state index is -0.306. The summed E-state index contributed by atoms with van der Waals surface area (Å²) in [4.78, 5) is 4.14. The van der Waals surface area contributed by atoms with Gasteiger partial charge < -0.3 is 4.57 Å². The SMILES string of the molecule is Cn1c(CC#N)cnc1-c1ccccc1F. The lowest BCUT2D eigenvalue weighted by molar-refractivity contribution is 0.628. The molecule has 0 saturated carbocycles. The van der Waals surface area contributed by atoms with Crippen LogP contribution in [0.4, 0.5) is 4.39 Å². The third-order valence-corrected chi connectivity index (χ3v) is 2.46. The van der Waals surface area contributed by atoms with Crippen molar-refractivity contribution in [1.82, 2.24) is 9.55 Å². The zero-order valence-electron chi connectivity index (χ0n) is 8.81. The largest absolute Gasteiger partial charge is 0.330 e. The molecule has 0 N–H and O–H groups in total. The first kappa shape index (κ1) is 10.4. The third-order valence-electron chi connectivity index (χ3n) is 2.46. The Hall–Kier alpha value is -2.15. The molecule has 0 aliphatic rings. The molecule has 0 amide bonds. The fourth-order valence-corrected chi connectivity index (χ4v) is 1.58. The summed E-state index contributed by atoms with van der Waals surface area (Å²) in [5.74, 6) is 0.239. The average molecular weight is 215 g/mol. The number of halogens is 1. The summed E-state index contributed by atoms with van der Waals surface area (Å²) >= 11 is 0. The molecule has 2 aromatic rings. The van der Waals surface area contributed by atoms with Crippen molar-refractivity contribution >= 4 is 0 Å². The van der Waals surface area contributed by atoms with Crippen LogP contribution in [0.2, 0.25) is 0 Å². The number of hydrogen-bond acceptors (Lipinski definition) is 2. The van der Waals surface area contributed by atoms with E-state index in [0.29, 0.717) is 11.4 Å². The van der Waals surface area contributed by atoms with Crippen LogP contribution in [0.3, 0.4) is 0 Å². The molecule has 2 rings (SSSR count). The highest BCUT2D eigenvalue weighted by Crippen LogP contribution is 2.21. The minimum Gasteiger partial charge on any atom is -0.330 e. The number of benzene rings is 1. The van der Waals surface area contributed by atoms with Gasteiger partial charge in [0, 0.05) is 13.2 Å². The van der Waals surface area contributed by atoms with E-state index in [1.54, 1.807) is 36.0 Å². The number of aromatic nitrogens is 2. The van der Waals surface area contributed by atoms with Crippen LogP contribution < -0.4 is 0 Å². The minimum absolute atomic E-state index is 0.276. The summed E-state index contributed by atoms with van der Waals surface area (Å²) in [7, 11) is 1.78. The molecule has 0 bridgehead atoms. The predicted octanol–water partition coefficient (Wildman–Crippen LogP) is 2.29. The fraction of sp³-hybridized carbons (Fsp3) is 0.167. The summed E-state index contributed by atoms with van der Waals surface area (Å²) in [5, 5.41) is 8.61. The van der Waals surface area contributed by atoms with Crippen LogP contribution >= 0.6 is 0 Å². The molecule has 1 aromatic carbocycles. The van der Waals surface area contributed by atoms with E-state index in [-0.39, 0.29) is 12.2 Å². The van der Waals surface area contributed by atoms with Crippen LogP contribution in [0.5, 0.6) is 0 Å². The van der Waals surface area contributed by atoms with Crippen molar-refractivity contribution in [2.24, 2.45) is 7.05 Å². The van der Waals surface area contributed by atoms with Gasteiger partial charge in [0.05, 0.1) is 23.7 Å². The molecule has 0 spiro atoms. The Kier molecular flexibility index (Phi) is 2.69. The van der Waals surface area contributed by atoms with E-state index in [1.807, 2.05) is 6.07 Å². The van der Waals surface area contributed by atoms with Gasteiger partial charge in [0.25, 0.3) is 0 Å². The summed E-state index contributed by atoms with van der Waals surface area (Å²) < 4.78 is 15.3.